The third kappa shape index (κ3) is 3.16. The van der Waals surface area contributed by atoms with Crippen molar-refractivity contribution in [2.75, 3.05) is 0 Å². The SMILES string of the molecule is CC(C)c1[c-]cc(-c2cnccn2)nc1.[Y]. The van der Waals surface area contributed by atoms with Gasteiger partial charge in [-0.05, 0) is 11.6 Å². The quantitative estimate of drug-likeness (QED) is 0.796. The molecule has 0 unspecified atom stereocenters. The fourth-order valence-electron chi connectivity index (χ4n) is 1.25. The first-order valence-electron chi connectivity index (χ1n) is 4.91. The van der Waals surface area contributed by atoms with Crippen molar-refractivity contribution in [1.82, 2.24) is 15.0 Å². The first kappa shape index (κ1) is 13.4. The number of pyridine rings is 1. The Morgan fingerprint density at radius 3 is 2.38 bits per heavy atom. The van der Waals surface area contributed by atoms with E-state index in [-0.39, 0.29) is 32.7 Å². The summed E-state index contributed by atoms with van der Waals surface area (Å²) >= 11 is 0. The second kappa shape index (κ2) is 6.16. The monoisotopic (exact) mass is 287 g/mol. The molecule has 0 aliphatic carbocycles. The molecule has 3 nitrogen and oxygen atoms in total. The predicted molar refractivity (Wildman–Crippen MR) is 58.2 cm³/mol. The Bertz CT molecular complexity index is 426. The summed E-state index contributed by atoms with van der Waals surface area (Å²) in [4.78, 5) is 12.5. The minimum Gasteiger partial charge on any atom is -0.381 e. The van der Waals surface area contributed by atoms with Crippen molar-refractivity contribution in [3.05, 3.63) is 42.5 Å². The molecule has 0 saturated carbocycles. The third-order valence-electron chi connectivity index (χ3n) is 2.17. The minimum absolute atomic E-state index is 0. The van der Waals surface area contributed by atoms with Crippen LogP contribution in [0.4, 0.5) is 0 Å². The van der Waals surface area contributed by atoms with Crippen LogP contribution in [-0.4, -0.2) is 15.0 Å². The van der Waals surface area contributed by atoms with Gasteiger partial charge >= 0.3 is 0 Å². The summed E-state index contributed by atoms with van der Waals surface area (Å²) in [5.41, 5.74) is 2.71. The largest absolute Gasteiger partial charge is 0.381 e. The summed E-state index contributed by atoms with van der Waals surface area (Å²) in [6, 6.07) is 5.07. The van der Waals surface area contributed by atoms with E-state index in [2.05, 4.69) is 34.9 Å². The van der Waals surface area contributed by atoms with Crippen LogP contribution in [0.3, 0.4) is 0 Å². The molecule has 79 valence electrons. The number of hydrogen-bond acceptors (Lipinski definition) is 3. The molecule has 0 bridgehead atoms. The molecular weight excluding hydrogens is 275 g/mol. The van der Waals surface area contributed by atoms with Gasteiger partial charge in [-0.2, -0.15) is 6.07 Å². The zero-order chi connectivity index (χ0) is 10.7. The molecule has 4 heteroatoms. The van der Waals surface area contributed by atoms with E-state index in [0.717, 1.165) is 17.0 Å². The summed E-state index contributed by atoms with van der Waals surface area (Å²) in [5, 5.41) is 0. The average Bonchev–Trinajstić information content (AvgIpc) is 2.30. The van der Waals surface area contributed by atoms with Gasteiger partial charge in [0.15, 0.2) is 0 Å². The van der Waals surface area contributed by atoms with Crippen molar-refractivity contribution in [1.29, 1.82) is 0 Å². The van der Waals surface area contributed by atoms with E-state index >= 15 is 0 Å². The van der Waals surface area contributed by atoms with E-state index in [0.29, 0.717) is 5.92 Å². The number of rotatable bonds is 2. The van der Waals surface area contributed by atoms with Crippen LogP contribution in [0.15, 0.2) is 30.9 Å². The maximum atomic E-state index is 4.34. The van der Waals surface area contributed by atoms with Gasteiger partial charge in [0, 0.05) is 51.3 Å². The zero-order valence-corrected chi connectivity index (χ0v) is 12.2. The summed E-state index contributed by atoms with van der Waals surface area (Å²) in [5.74, 6) is 0.452. The van der Waals surface area contributed by atoms with Gasteiger partial charge in [0.05, 0.1) is 5.69 Å². The summed E-state index contributed by atoms with van der Waals surface area (Å²) in [6.45, 7) is 4.24. The van der Waals surface area contributed by atoms with Gasteiger partial charge in [-0.3, -0.25) is 9.97 Å². The second-order valence-electron chi connectivity index (χ2n) is 3.63. The van der Waals surface area contributed by atoms with Gasteiger partial charge in [-0.15, -0.1) is 11.6 Å². The molecular formula is C12H12N3Y-. The van der Waals surface area contributed by atoms with Crippen molar-refractivity contribution < 1.29 is 32.7 Å². The minimum atomic E-state index is 0. The molecule has 0 aliphatic rings. The maximum Gasteiger partial charge on any atom is 0.0511 e. The fraction of sp³-hybridized carbons (Fsp3) is 0.250. The predicted octanol–water partition coefficient (Wildman–Crippen LogP) is 2.46. The van der Waals surface area contributed by atoms with Crippen LogP contribution < -0.4 is 0 Å². The van der Waals surface area contributed by atoms with E-state index in [4.69, 9.17) is 0 Å². The molecule has 0 saturated heterocycles. The van der Waals surface area contributed by atoms with Crippen LogP contribution in [0.5, 0.6) is 0 Å². The third-order valence-corrected chi connectivity index (χ3v) is 2.17. The Balaban J connectivity index is 0.00000128. The van der Waals surface area contributed by atoms with Crippen LogP contribution in [0.1, 0.15) is 25.3 Å². The zero-order valence-electron chi connectivity index (χ0n) is 9.38. The van der Waals surface area contributed by atoms with Crippen molar-refractivity contribution in [3.8, 4) is 11.4 Å². The van der Waals surface area contributed by atoms with Gasteiger partial charge in [-0.1, -0.05) is 20.0 Å². The average molecular weight is 287 g/mol. The Labute approximate surface area is 121 Å². The molecule has 2 aromatic rings. The topological polar surface area (TPSA) is 38.7 Å². The molecule has 0 atom stereocenters. The van der Waals surface area contributed by atoms with Crippen molar-refractivity contribution in [2.45, 2.75) is 19.8 Å². The van der Waals surface area contributed by atoms with Crippen LogP contribution in [-0.2, 0) is 32.7 Å². The first-order chi connectivity index (χ1) is 7.27. The summed E-state index contributed by atoms with van der Waals surface area (Å²) in [7, 11) is 0. The molecule has 2 heterocycles. The molecule has 0 spiro atoms. The number of aromatic nitrogens is 3. The fourth-order valence-corrected chi connectivity index (χ4v) is 1.25. The van der Waals surface area contributed by atoms with Gasteiger partial charge < -0.3 is 4.98 Å². The van der Waals surface area contributed by atoms with Crippen LogP contribution >= 0.6 is 0 Å². The molecule has 2 rings (SSSR count). The molecule has 2 aromatic heterocycles. The molecule has 0 aromatic carbocycles. The van der Waals surface area contributed by atoms with Gasteiger partial charge in [0.1, 0.15) is 0 Å². The van der Waals surface area contributed by atoms with E-state index in [1.807, 2.05) is 12.3 Å². The second-order valence-corrected chi connectivity index (χ2v) is 3.63. The van der Waals surface area contributed by atoms with Crippen LogP contribution in [0.25, 0.3) is 11.4 Å². The van der Waals surface area contributed by atoms with Crippen molar-refractivity contribution >= 4 is 0 Å². The van der Waals surface area contributed by atoms with Gasteiger partial charge in [-0.25, -0.2) is 0 Å². The molecule has 0 amide bonds. The maximum absolute atomic E-state index is 4.34. The Kier molecular flexibility index (Phi) is 5.16. The summed E-state index contributed by atoms with van der Waals surface area (Å²) < 4.78 is 0. The van der Waals surface area contributed by atoms with Crippen molar-refractivity contribution in [3.63, 3.8) is 0 Å². The Morgan fingerprint density at radius 2 is 1.88 bits per heavy atom. The van der Waals surface area contributed by atoms with Crippen LogP contribution in [0.2, 0.25) is 0 Å². The van der Waals surface area contributed by atoms with Gasteiger partial charge in [0.2, 0.25) is 0 Å². The normalized spacial score (nSPS) is 9.94. The molecule has 0 fully saturated rings. The Morgan fingerprint density at radius 1 is 1.06 bits per heavy atom. The van der Waals surface area contributed by atoms with E-state index < -0.39 is 0 Å². The van der Waals surface area contributed by atoms with Crippen LogP contribution in [0, 0.1) is 6.07 Å². The van der Waals surface area contributed by atoms with Gasteiger partial charge in [0.25, 0.3) is 0 Å². The molecule has 0 N–H and O–H groups in total. The summed E-state index contributed by atoms with van der Waals surface area (Å²) in [6.07, 6.45) is 6.85. The van der Waals surface area contributed by atoms with E-state index in [9.17, 15) is 0 Å². The molecule has 16 heavy (non-hydrogen) atoms. The number of nitrogens with zero attached hydrogens (tertiary/aromatic N) is 3. The standard InChI is InChI=1S/C12H12N3.Y/c1-9(2)10-3-4-11(15-7-10)12-8-13-5-6-14-12;/h4-9H,1-2H3;/q-1;. The van der Waals surface area contributed by atoms with E-state index in [1.54, 1.807) is 18.6 Å². The first-order valence-corrected chi connectivity index (χ1v) is 4.91. The molecule has 1 radical (unpaired) electrons. The van der Waals surface area contributed by atoms with E-state index in [1.165, 1.54) is 0 Å². The number of hydrogen-bond donors (Lipinski definition) is 0. The smallest absolute Gasteiger partial charge is 0.0511 e. The molecule has 0 aliphatic heterocycles. The Hall–Kier alpha value is -0.666. The van der Waals surface area contributed by atoms with Crippen molar-refractivity contribution in [2.24, 2.45) is 0 Å².